The third-order valence-electron chi connectivity index (χ3n) is 3.36. The van der Waals surface area contributed by atoms with Gasteiger partial charge >= 0.3 is 0 Å². The van der Waals surface area contributed by atoms with E-state index in [0.29, 0.717) is 23.1 Å². The highest BCUT2D eigenvalue weighted by Gasteiger charge is 2.12. The molecule has 3 nitrogen and oxygen atoms in total. The molecule has 0 amide bonds. The van der Waals surface area contributed by atoms with Crippen molar-refractivity contribution in [3.63, 3.8) is 0 Å². The van der Waals surface area contributed by atoms with Crippen molar-refractivity contribution in [1.82, 2.24) is 5.32 Å². The van der Waals surface area contributed by atoms with Crippen LogP contribution in [0.4, 0.5) is 4.39 Å². The second-order valence-corrected chi connectivity index (χ2v) is 5.21. The van der Waals surface area contributed by atoms with E-state index in [4.69, 9.17) is 21.1 Å². The third kappa shape index (κ3) is 4.12. The van der Waals surface area contributed by atoms with Crippen LogP contribution in [0.25, 0.3) is 0 Å². The molecule has 0 heterocycles. The minimum absolute atomic E-state index is 0.208. The Morgan fingerprint density at radius 1 is 1.14 bits per heavy atom. The molecule has 0 atom stereocenters. The first-order chi connectivity index (χ1) is 10.7. The van der Waals surface area contributed by atoms with Crippen molar-refractivity contribution in [2.45, 2.75) is 13.0 Å². The van der Waals surface area contributed by atoms with Crippen LogP contribution in [0.15, 0.2) is 36.4 Å². The van der Waals surface area contributed by atoms with Gasteiger partial charge in [-0.2, -0.15) is 0 Å². The molecule has 1 N–H and O–H groups in total. The van der Waals surface area contributed by atoms with Crippen LogP contribution in [0, 0.1) is 5.82 Å². The first-order valence-electron chi connectivity index (χ1n) is 7.00. The molecule has 0 aliphatic heterocycles. The normalized spacial score (nSPS) is 10.5. The van der Waals surface area contributed by atoms with Crippen LogP contribution in [0.2, 0.25) is 5.02 Å². The highest BCUT2D eigenvalue weighted by Crippen LogP contribution is 2.37. The zero-order valence-corrected chi connectivity index (χ0v) is 13.4. The summed E-state index contributed by atoms with van der Waals surface area (Å²) in [6.45, 7) is 1.34. The highest BCUT2D eigenvalue weighted by molar-refractivity contribution is 6.33. The van der Waals surface area contributed by atoms with Crippen LogP contribution in [0.5, 0.6) is 11.5 Å². The SMILES string of the molecule is COc1ccc(CNCCc2cccc(F)c2)c(Cl)c1OC. The number of ether oxygens (including phenoxy) is 2. The summed E-state index contributed by atoms with van der Waals surface area (Å²) in [6.07, 6.45) is 0.753. The van der Waals surface area contributed by atoms with Gasteiger partial charge in [0.25, 0.3) is 0 Å². The van der Waals surface area contributed by atoms with E-state index in [0.717, 1.165) is 24.1 Å². The van der Waals surface area contributed by atoms with Gasteiger partial charge < -0.3 is 14.8 Å². The number of halogens is 2. The van der Waals surface area contributed by atoms with Crippen LogP contribution in [0.3, 0.4) is 0 Å². The largest absolute Gasteiger partial charge is 0.493 e. The number of hydrogen-bond donors (Lipinski definition) is 1. The third-order valence-corrected chi connectivity index (χ3v) is 3.77. The van der Waals surface area contributed by atoms with E-state index in [1.54, 1.807) is 26.4 Å². The van der Waals surface area contributed by atoms with Gasteiger partial charge in [-0.3, -0.25) is 0 Å². The van der Waals surface area contributed by atoms with Gasteiger partial charge in [0.15, 0.2) is 11.5 Å². The van der Waals surface area contributed by atoms with Gasteiger partial charge in [0.1, 0.15) is 5.82 Å². The smallest absolute Gasteiger partial charge is 0.179 e. The minimum atomic E-state index is -0.208. The molecule has 2 rings (SSSR count). The lowest BCUT2D eigenvalue weighted by Crippen LogP contribution is -2.17. The molecule has 0 fully saturated rings. The fourth-order valence-electron chi connectivity index (χ4n) is 2.21. The van der Waals surface area contributed by atoms with E-state index >= 15 is 0 Å². The Hall–Kier alpha value is -1.78. The number of methoxy groups -OCH3 is 2. The molecule has 0 radical (unpaired) electrons. The highest BCUT2D eigenvalue weighted by atomic mass is 35.5. The number of nitrogens with one attached hydrogen (secondary N) is 1. The second-order valence-electron chi connectivity index (χ2n) is 4.83. The summed E-state index contributed by atoms with van der Waals surface area (Å²) in [5.41, 5.74) is 1.89. The maximum Gasteiger partial charge on any atom is 0.179 e. The van der Waals surface area contributed by atoms with Crippen molar-refractivity contribution in [2.24, 2.45) is 0 Å². The predicted octanol–water partition coefficient (Wildman–Crippen LogP) is 3.83. The van der Waals surface area contributed by atoms with Gasteiger partial charge in [-0.05, 0) is 42.3 Å². The lowest BCUT2D eigenvalue weighted by atomic mass is 10.1. The monoisotopic (exact) mass is 323 g/mol. The van der Waals surface area contributed by atoms with E-state index < -0.39 is 0 Å². The molecule has 0 unspecified atom stereocenters. The van der Waals surface area contributed by atoms with Crippen molar-refractivity contribution in [3.8, 4) is 11.5 Å². The van der Waals surface area contributed by atoms with Gasteiger partial charge in [0.2, 0.25) is 0 Å². The number of benzene rings is 2. The fourth-order valence-corrected chi connectivity index (χ4v) is 2.51. The molecule has 2 aromatic carbocycles. The predicted molar refractivity (Wildman–Crippen MR) is 86.4 cm³/mol. The van der Waals surface area contributed by atoms with Gasteiger partial charge in [-0.1, -0.05) is 29.8 Å². The summed E-state index contributed by atoms with van der Waals surface area (Å²) in [5, 5.41) is 3.84. The van der Waals surface area contributed by atoms with E-state index in [1.165, 1.54) is 6.07 Å². The zero-order chi connectivity index (χ0) is 15.9. The summed E-state index contributed by atoms with van der Waals surface area (Å²) < 4.78 is 23.6. The molecular weight excluding hydrogens is 305 g/mol. The summed E-state index contributed by atoms with van der Waals surface area (Å²) in [7, 11) is 3.13. The van der Waals surface area contributed by atoms with Crippen LogP contribution < -0.4 is 14.8 Å². The van der Waals surface area contributed by atoms with E-state index in [9.17, 15) is 4.39 Å². The summed E-state index contributed by atoms with van der Waals surface area (Å²) in [4.78, 5) is 0. The number of rotatable bonds is 7. The second kappa shape index (κ2) is 8.01. The van der Waals surface area contributed by atoms with Gasteiger partial charge in [0.05, 0.1) is 19.2 Å². The van der Waals surface area contributed by atoms with Crippen molar-refractivity contribution in [2.75, 3.05) is 20.8 Å². The van der Waals surface area contributed by atoms with E-state index in [1.807, 2.05) is 18.2 Å². The van der Waals surface area contributed by atoms with Gasteiger partial charge in [-0.25, -0.2) is 4.39 Å². The van der Waals surface area contributed by atoms with Gasteiger partial charge in [0, 0.05) is 6.54 Å². The Morgan fingerprint density at radius 2 is 1.95 bits per heavy atom. The first-order valence-corrected chi connectivity index (χ1v) is 7.38. The van der Waals surface area contributed by atoms with Crippen molar-refractivity contribution in [3.05, 3.63) is 58.4 Å². The molecule has 118 valence electrons. The molecule has 0 aromatic heterocycles. The quantitative estimate of drug-likeness (QED) is 0.786. The lowest BCUT2D eigenvalue weighted by molar-refractivity contribution is 0.354. The Balaban J connectivity index is 1.92. The van der Waals surface area contributed by atoms with E-state index in [-0.39, 0.29) is 5.82 Å². The van der Waals surface area contributed by atoms with Crippen LogP contribution in [-0.2, 0) is 13.0 Å². The van der Waals surface area contributed by atoms with Gasteiger partial charge in [-0.15, -0.1) is 0 Å². The molecule has 0 bridgehead atoms. The summed E-state index contributed by atoms with van der Waals surface area (Å²) in [6, 6.07) is 10.3. The Labute approximate surface area is 135 Å². The average molecular weight is 324 g/mol. The molecule has 22 heavy (non-hydrogen) atoms. The molecule has 2 aromatic rings. The fraction of sp³-hybridized carbons (Fsp3) is 0.294. The molecule has 0 aliphatic carbocycles. The Bertz CT molecular complexity index is 634. The Kier molecular flexibility index (Phi) is 6.04. The van der Waals surface area contributed by atoms with Crippen LogP contribution in [0.1, 0.15) is 11.1 Å². The van der Waals surface area contributed by atoms with Crippen molar-refractivity contribution < 1.29 is 13.9 Å². The van der Waals surface area contributed by atoms with Crippen molar-refractivity contribution >= 4 is 11.6 Å². The lowest BCUT2D eigenvalue weighted by Gasteiger charge is -2.13. The molecule has 5 heteroatoms. The average Bonchev–Trinajstić information content (AvgIpc) is 2.52. The van der Waals surface area contributed by atoms with Crippen LogP contribution in [-0.4, -0.2) is 20.8 Å². The maximum absolute atomic E-state index is 13.1. The zero-order valence-electron chi connectivity index (χ0n) is 12.7. The molecule has 0 aliphatic rings. The van der Waals surface area contributed by atoms with E-state index in [2.05, 4.69) is 5.32 Å². The maximum atomic E-state index is 13.1. The number of hydrogen-bond acceptors (Lipinski definition) is 3. The molecular formula is C17H19ClFNO2. The first kappa shape index (κ1) is 16.6. The molecule has 0 spiro atoms. The Morgan fingerprint density at radius 3 is 2.64 bits per heavy atom. The molecule has 0 saturated carbocycles. The van der Waals surface area contributed by atoms with Crippen LogP contribution >= 0.6 is 11.6 Å². The van der Waals surface area contributed by atoms with Crippen molar-refractivity contribution in [1.29, 1.82) is 0 Å². The molecule has 0 saturated heterocycles. The summed E-state index contributed by atoms with van der Waals surface area (Å²) in [5.74, 6) is 0.935. The topological polar surface area (TPSA) is 30.5 Å². The minimum Gasteiger partial charge on any atom is -0.493 e. The standard InChI is InChI=1S/C17H19ClFNO2/c1-21-15-7-6-13(16(18)17(15)22-2)11-20-9-8-12-4-3-5-14(19)10-12/h3-7,10,20H,8-9,11H2,1-2H3. The summed E-state index contributed by atoms with van der Waals surface area (Å²) >= 11 is 6.31.